The first-order valence-corrected chi connectivity index (χ1v) is 8.56. The van der Waals surface area contributed by atoms with E-state index >= 15 is 0 Å². The van der Waals surface area contributed by atoms with Gasteiger partial charge in [0, 0.05) is 38.2 Å². The number of nitrogens with two attached hydrogens (primary N) is 1. The van der Waals surface area contributed by atoms with Gasteiger partial charge in [-0.25, -0.2) is 4.79 Å². The van der Waals surface area contributed by atoms with Gasteiger partial charge in [0.1, 0.15) is 6.10 Å². The number of likely N-dealkylation sites (tertiary alicyclic amines) is 1. The Labute approximate surface area is 151 Å². The molecule has 0 aliphatic carbocycles. The van der Waals surface area contributed by atoms with Gasteiger partial charge in [0.2, 0.25) is 5.91 Å². The average Bonchev–Trinajstić information content (AvgIpc) is 2.59. The molecule has 0 bridgehead atoms. The third kappa shape index (κ3) is 6.72. The maximum Gasteiger partial charge on any atom is 0.404 e. The Morgan fingerprint density at radius 3 is 2.64 bits per heavy atom. The Balaban J connectivity index is 1.67. The van der Waals surface area contributed by atoms with Crippen LogP contribution in [0.3, 0.4) is 0 Å². The molecule has 1 aliphatic rings. The number of rotatable bonds is 7. The summed E-state index contributed by atoms with van der Waals surface area (Å²) >= 11 is 5.45. The molecule has 0 radical (unpaired) electrons. The van der Waals surface area contributed by atoms with Gasteiger partial charge in [0.15, 0.2) is 0 Å². The SMILES string of the molecule is NC(=O)OC1CCN(CCC(=O)NCc2cccc(C(=O)Cl)c2)CC1. The Morgan fingerprint density at radius 1 is 1.28 bits per heavy atom. The normalized spacial score (nSPS) is 15.6. The number of primary amides is 1. The number of piperidine rings is 1. The lowest BCUT2D eigenvalue weighted by Gasteiger charge is -2.30. The van der Waals surface area contributed by atoms with Crippen LogP contribution in [-0.2, 0) is 16.1 Å². The highest BCUT2D eigenvalue weighted by atomic mass is 35.5. The Morgan fingerprint density at radius 2 is 2.00 bits per heavy atom. The lowest BCUT2D eigenvalue weighted by Crippen LogP contribution is -2.40. The highest BCUT2D eigenvalue weighted by Gasteiger charge is 2.21. The molecular formula is C17H22ClN3O4. The maximum absolute atomic E-state index is 12.0. The van der Waals surface area contributed by atoms with Crippen molar-refractivity contribution in [3.8, 4) is 0 Å². The van der Waals surface area contributed by atoms with Gasteiger partial charge in [-0.05, 0) is 36.1 Å². The number of benzene rings is 1. The zero-order valence-electron chi connectivity index (χ0n) is 13.9. The first-order chi connectivity index (χ1) is 11.9. The quantitative estimate of drug-likeness (QED) is 0.713. The average molecular weight is 368 g/mol. The summed E-state index contributed by atoms with van der Waals surface area (Å²) in [6.45, 7) is 2.54. The van der Waals surface area contributed by atoms with Crippen LogP contribution < -0.4 is 11.1 Å². The van der Waals surface area contributed by atoms with Gasteiger partial charge < -0.3 is 20.7 Å². The van der Waals surface area contributed by atoms with E-state index in [0.717, 1.165) is 31.5 Å². The van der Waals surface area contributed by atoms with Crippen molar-refractivity contribution >= 4 is 28.8 Å². The lowest BCUT2D eigenvalue weighted by molar-refractivity contribution is -0.121. The van der Waals surface area contributed by atoms with Gasteiger partial charge in [-0.3, -0.25) is 9.59 Å². The van der Waals surface area contributed by atoms with Gasteiger partial charge in [-0.1, -0.05) is 18.2 Å². The van der Waals surface area contributed by atoms with Crippen molar-refractivity contribution in [2.45, 2.75) is 31.9 Å². The highest BCUT2D eigenvalue weighted by molar-refractivity contribution is 6.67. The molecule has 0 spiro atoms. The number of hydrogen-bond donors (Lipinski definition) is 2. The van der Waals surface area contributed by atoms with Gasteiger partial charge in [0.25, 0.3) is 5.24 Å². The Hall–Kier alpha value is -2.12. The third-order valence-corrected chi connectivity index (χ3v) is 4.33. The first kappa shape index (κ1) is 19.2. The van der Waals surface area contributed by atoms with Crippen molar-refractivity contribution < 1.29 is 19.1 Å². The molecule has 1 aromatic rings. The molecule has 1 heterocycles. The van der Waals surface area contributed by atoms with E-state index in [0.29, 0.717) is 25.1 Å². The Kier molecular flexibility index (Phi) is 7.21. The van der Waals surface area contributed by atoms with Gasteiger partial charge in [-0.2, -0.15) is 0 Å². The summed E-state index contributed by atoms with van der Waals surface area (Å²) in [5.74, 6) is -0.0573. The number of nitrogens with zero attached hydrogens (tertiary/aromatic N) is 1. The second-order valence-electron chi connectivity index (χ2n) is 5.98. The number of halogens is 1. The molecule has 1 fully saturated rings. The van der Waals surface area contributed by atoms with Crippen LogP contribution in [0, 0.1) is 0 Å². The molecule has 2 rings (SSSR count). The van der Waals surface area contributed by atoms with E-state index in [2.05, 4.69) is 10.2 Å². The minimum Gasteiger partial charge on any atom is -0.446 e. The lowest BCUT2D eigenvalue weighted by atomic mass is 10.1. The zero-order chi connectivity index (χ0) is 18.2. The predicted molar refractivity (Wildman–Crippen MR) is 93.2 cm³/mol. The van der Waals surface area contributed by atoms with Gasteiger partial charge in [-0.15, -0.1) is 0 Å². The van der Waals surface area contributed by atoms with Crippen LogP contribution in [-0.4, -0.2) is 47.9 Å². The van der Waals surface area contributed by atoms with Crippen LogP contribution in [0.2, 0.25) is 0 Å². The van der Waals surface area contributed by atoms with Crippen molar-refractivity contribution in [3.63, 3.8) is 0 Å². The van der Waals surface area contributed by atoms with E-state index in [-0.39, 0.29) is 12.0 Å². The molecule has 7 nitrogen and oxygen atoms in total. The van der Waals surface area contributed by atoms with Crippen molar-refractivity contribution in [1.82, 2.24) is 10.2 Å². The fourth-order valence-electron chi connectivity index (χ4n) is 2.77. The predicted octanol–water partition coefficient (Wildman–Crippen LogP) is 1.63. The molecule has 3 N–H and O–H groups in total. The van der Waals surface area contributed by atoms with E-state index in [9.17, 15) is 14.4 Å². The van der Waals surface area contributed by atoms with Crippen LogP contribution in [0.1, 0.15) is 35.2 Å². The molecule has 2 amide bonds. The second-order valence-corrected chi connectivity index (χ2v) is 6.32. The third-order valence-electron chi connectivity index (χ3n) is 4.12. The number of carbonyl (C=O) groups is 3. The summed E-state index contributed by atoms with van der Waals surface area (Å²) in [4.78, 5) is 36.0. The van der Waals surface area contributed by atoms with Crippen LogP contribution >= 0.6 is 11.6 Å². The molecule has 1 aromatic carbocycles. The topological polar surface area (TPSA) is 102 Å². The Bertz CT molecular complexity index is 630. The van der Waals surface area contributed by atoms with Crippen LogP contribution in [0.5, 0.6) is 0 Å². The van der Waals surface area contributed by atoms with E-state index in [1.54, 1.807) is 18.2 Å². The number of hydrogen-bond acceptors (Lipinski definition) is 5. The minimum absolute atomic E-state index is 0.0573. The summed E-state index contributed by atoms with van der Waals surface area (Å²) in [6.07, 6.45) is 0.973. The minimum atomic E-state index is -0.738. The summed E-state index contributed by atoms with van der Waals surface area (Å²) in [7, 11) is 0. The maximum atomic E-state index is 12.0. The molecule has 1 saturated heterocycles. The summed E-state index contributed by atoms with van der Waals surface area (Å²) in [6, 6.07) is 6.86. The molecule has 0 saturated carbocycles. The molecule has 136 valence electrons. The fraction of sp³-hybridized carbons (Fsp3) is 0.471. The molecule has 25 heavy (non-hydrogen) atoms. The van der Waals surface area contributed by atoms with E-state index < -0.39 is 11.3 Å². The fourth-order valence-corrected chi connectivity index (χ4v) is 2.88. The highest BCUT2D eigenvalue weighted by Crippen LogP contribution is 2.14. The van der Waals surface area contributed by atoms with Crippen molar-refractivity contribution in [2.24, 2.45) is 5.73 Å². The van der Waals surface area contributed by atoms with E-state index in [1.807, 2.05) is 6.07 Å². The van der Waals surface area contributed by atoms with Crippen molar-refractivity contribution in [1.29, 1.82) is 0 Å². The standard InChI is InChI=1S/C17H22ClN3O4/c18-16(23)13-3-1-2-12(10-13)11-20-15(22)6-9-21-7-4-14(5-8-21)25-17(19)24/h1-3,10,14H,4-9,11H2,(H2,19,24)(H,20,22). The molecule has 0 unspecified atom stereocenters. The van der Waals surface area contributed by atoms with Crippen molar-refractivity contribution in [2.75, 3.05) is 19.6 Å². The smallest absolute Gasteiger partial charge is 0.404 e. The van der Waals surface area contributed by atoms with Gasteiger partial charge >= 0.3 is 6.09 Å². The van der Waals surface area contributed by atoms with Crippen LogP contribution in [0.25, 0.3) is 0 Å². The molecule has 0 atom stereocenters. The molecule has 8 heteroatoms. The van der Waals surface area contributed by atoms with Gasteiger partial charge in [0.05, 0.1) is 0 Å². The van der Waals surface area contributed by atoms with Crippen molar-refractivity contribution in [3.05, 3.63) is 35.4 Å². The number of ether oxygens (including phenoxy) is 1. The second kappa shape index (κ2) is 9.39. The van der Waals surface area contributed by atoms with E-state index in [1.165, 1.54) is 0 Å². The molecular weight excluding hydrogens is 346 g/mol. The van der Waals surface area contributed by atoms with E-state index in [4.69, 9.17) is 22.1 Å². The molecule has 0 aromatic heterocycles. The zero-order valence-corrected chi connectivity index (χ0v) is 14.6. The largest absolute Gasteiger partial charge is 0.446 e. The summed E-state index contributed by atoms with van der Waals surface area (Å²) in [5, 5.41) is 2.32. The van der Waals surface area contributed by atoms with Crippen LogP contribution in [0.4, 0.5) is 4.79 Å². The number of carbonyl (C=O) groups excluding carboxylic acids is 3. The molecule has 1 aliphatic heterocycles. The summed E-state index contributed by atoms with van der Waals surface area (Å²) in [5.41, 5.74) is 6.24. The summed E-state index contributed by atoms with van der Waals surface area (Å²) < 4.78 is 4.98. The number of nitrogens with one attached hydrogen (secondary N) is 1. The first-order valence-electron chi connectivity index (χ1n) is 8.18. The van der Waals surface area contributed by atoms with Crippen LogP contribution in [0.15, 0.2) is 24.3 Å². The monoisotopic (exact) mass is 367 g/mol. The number of amides is 2.